The number of rotatable bonds is 3. The predicted octanol–water partition coefficient (Wildman–Crippen LogP) is 2.18. The first-order valence-corrected chi connectivity index (χ1v) is 5.76. The van der Waals surface area contributed by atoms with Gasteiger partial charge >= 0.3 is 0 Å². The first kappa shape index (κ1) is 11.5. The lowest BCUT2D eigenvalue weighted by molar-refractivity contribution is 0.681. The maximum absolute atomic E-state index is 8.72. The molecule has 2 N–H and O–H groups in total. The summed E-state index contributed by atoms with van der Waals surface area (Å²) in [4.78, 5) is 4.17. The number of nitriles is 1. The molecule has 74 valence electrons. The largest absolute Gasteiger partial charge is 0.313 e. The van der Waals surface area contributed by atoms with E-state index in [4.69, 9.17) is 11.0 Å². The standard InChI is InChI=1S/C9H10BrN3S/c1-9(12,5-11)6-14-8-7(10)3-2-4-13-8/h2-4H,6,12H2,1H3. The van der Waals surface area contributed by atoms with Gasteiger partial charge in [0.2, 0.25) is 0 Å². The van der Waals surface area contributed by atoms with Crippen LogP contribution in [0.5, 0.6) is 0 Å². The van der Waals surface area contributed by atoms with Gasteiger partial charge in [-0.2, -0.15) is 5.26 Å². The zero-order valence-corrected chi connectivity index (χ0v) is 10.1. The van der Waals surface area contributed by atoms with Gasteiger partial charge in [0.05, 0.1) is 6.07 Å². The number of aromatic nitrogens is 1. The van der Waals surface area contributed by atoms with Gasteiger partial charge in [-0.15, -0.1) is 11.8 Å². The zero-order chi connectivity index (χ0) is 10.6. The summed E-state index contributed by atoms with van der Waals surface area (Å²) in [7, 11) is 0. The normalized spacial score (nSPS) is 14.4. The van der Waals surface area contributed by atoms with E-state index in [1.54, 1.807) is 13.1 Å². The minimum atomic E-state index is -0.804. The maximum atomic E-state index is 8.72. The molecule has 0 aromatic carbocycles. The molecule has 0 amide bonds. The summed E-state index contributed by atoms with van der Waals surface area (Å²) < 4.78 is 0.929. The Kier molecular flexibility index (Phi) is 3.93. The molecule has 1 aromatic heterocycles. The highest BCUT2D eigenvalue weighted by molar-refractivity contribution is 9.10. The summed E-state index contributed by atoms with van der Waals surface area (Å²) in [6.45, 7) is 1.71. The van der Waals surface area contributed by atoms with E-state index < -0.39 is 5.54 Å². The fourth-order valence-corrected chi connectivity index (χ4v) is 2.17. The molecule has 1 atom stereocenters. The van der Waals surface area contributed by atoms with E-state index in [1.165, 1.54) is 11.8 Å². The fraction of sp³-hybridized carbons (Fsp3) is 0.333. The molecule has 0 saturated heterocycles. The lowest BCUT2D eigenvalue weighted by atomic mass is 10.1. The Morgan fingerprint density at radius 1 is 1.79 bits per heavy atom. The van der Waals surface area contributed by atoms with Crippen molar-refractivity contribution in [2.75, 3.05) is 5.75 Å². The van der Waals surface area contributed by atoms with Crippen LogP contribution in [0.3, 0.4) is 0 Å². The third kappa shape index (κ3) is 3.29. The van der Waals surface area contributed by atoms with Crippen LogP contribution in [-0.4, -0.2) is 16.3 Å². The van der Waals surface area contributed by atoms with Gasteiger partial charge in [-0.1, -0.05) is 0 Å². The molecule has 1 heterocycles. The number of thioether (sulfide) groups is 1. The molecule has 1 unspecified atom stereocenters. The number of nitrogens with zero attached hydrogens (tertiary/aromatic N) is 2. The van der Waals surface area contributed by atoms with Crippen molar-refractivity contribution in [2.24, 2.45) is 5.73 Å². The summed E-state index contributed by atoms with van der Waals surface area (Å²) >= 11 is 4.85. The van der Waals surface area contributed by atoms with Crippen LogP contribution in [0.4, 0.5) is 0 Å². The van der Waals surface area contributed by atoms with Crippen molar-refractivity contribution in [3.63, 3.8) is 0 Å². The second-order valence-corrected chi connectivity index (χ2v) is 4.93. The third-order valence-electron chi connectivity index (χ3n) is 1.49. The molecule has 0 aliphatic rings. The van der Waals surface area contributed by atoms with Crippen LogP contribution in [-0.2, 0) is 0 Å². The summed E-state index contributed by atoms with van der Waals surface area (Å²) in [6.07, 6.45) is 1.72. The second kappa shape index (κ2) is 4.78. The first-order valence-electron chi connectivity index (χ1n) is 3.98. The Morgan fingerprint density at radius 2 is 2.50 bits per heavy atom. The van der Waals surface area contributed by atoms with Crippen LogP contribution in [0, 0.1) is 11.3 Å². The molecule has 0 radical (unpaired) electrons. The van der Waals surface area contributed by atoms with E-state index in [9.17, 15) is 0 Å². The van der Waals surface area contributed by atoms with Crippen LogP contribution in [0.2, 0.25) is 0 Å². The molecule has 5 heteroatoms. The van der Waals surface area contributed by atoms with Gasteiger partial charge in [0.25, 0.3) is 0 Å². The van der Waals surface area contributed by atoms with Gasteiger partial charge in [0, 0.05) is 16.4 Å². The highest BCUT2D eigenvalue weighted by atomic mass is 79.9. The Balaban J connectivity index is 2.64. The van der Waals surface area contributed by atoms with E-state index in [0.29, 0.717) is 5.75 Å². The van der Waals surface area contributed by atoms with Crippen molar-refractivity contribution in [3.8, 4) is 6.07 Å². The Labute approximate surface area is 95.8 Å². The topological polar surface area (TPSA) is 62.7 Å². The lowest BCUT2D eigenvalue weighted by Gasteiger charge is -2.14. The average molecular weight is 272 g/mol. The van der Waals surface area contributed by atoms with Crippen LogP contribution < -0.4 is 5.73 Å². The minimum absolute atomic E-state index is 0.527. The second-order valence-electron chi connectivity index (χ2n) is 3.11. The molecule has 14 heavy (non-hydrogen) atoms. The van der Waals surface area contributed by atoms with E-state index >= 15 is 0 Å². The van der Waals surface area contributed by atoms with Gasteiger partial charge in [-0.25, -0.2) is 4.98 Å². The molecule has 0 saturated carbocycles. The van der Waals surface area contributed by atoms with Gasteiger partial charge in [-0.3, -0.25) is 0 Å². The van der Waals surface area contributed by atoms with Crippen molar-refractivity contribution >= 4 is 27.7 Å². The number of hydrogen-bond acceptors (Lipinski definition) is 4. The summed E-state index contributed by atoms with van der Waals surface area (Å²) in [5.41, 5.74) is 4.88. The molecule has 0 aliphatic heterocycles. The van der Waals surface area contributed by atoms with Gasteiger partial charge < -0.3 is 5.73 Å². The molecular formula is C9H10BrN3S. The highest BCUT2D eigenvalue weighted by Gasteiger charge is 2.18. The zero-order valence-electron chi connectivity index (χ0n) is 7.70. The summed E-state index contributed by atoms with van der Waals surface area (Å²) in [5.74, 6) is 0.527. The predicted molar refractivity (Wildman–Crippen MR) is 60.9 cm³/mol. The molecule has 0 bridgehead atoms. The monoisotopic (exact) mass is 271 g/mol. The number of hydrogen-bond donors (Lipinski definition) is 1. The number of nitrogens with two attached hydrogens (primary N) is 1. The van der Waals surface area contributed by atoms with Crippen LogP contribution in [0.25, 0.3) is 0 Å². The van der Waals surface area contributed by atoms with Crippen LogP contribution >= 0.6 is 27.7 Å². The molecule has 3 nitrogen and oxygen atoms in total. The van der Waals surface area contributed by atoms with Crippen LogP contribution in [0.1, 0.15) is 6.92 Å². The molecule has 0 aliphatic carbocycles. The Bertz CT molecular complexity index is 359. The van der Waals surface area contributed by atoms with Crippen molar-refractivity contribution in [1.29, 1.82) is 5.26 Å². The molecule has 0 spiro atoms. The van der Waals surface area contributed by atoms with E-state index in [2.05, 4.69) is 20.9 Å². The highest BCUT2D eigenvalue weighted by Crippen LogP contribution is 2.26. The van der Waals surface area contributed by atoms with Crippen molar-refractivity contribution in [2.45, 2.75) is 17.5 Å². The van der Waals surface area contributed by atoms with Crippen LogP contribution in [0.15, 0.2) is 27.8 Å². The van der Waals surface area contributed by atoms with E-state index in [0.717, 1.165) is 9.50 Å². The molecule has 1 aromatic rings. The minimum Gasteiger partial charge on any atom is -0.313 e. The first-order chi connectivity index (χ1) is 6.55. The van der Waals surface area contributed by atoms with E-state index in [-0.39, 0.29) is 0 Å². The van der Waals surface area contributed by atoms with Gasteiger partial charge in [-0.05, 0) is 35.0 Å². The third-order valence-corrected chi connectivity index (χ3v) is 3.73. The number of pyridine rings is 1. The van der Waals surface area contributed by atoms with E-state index in [1.807, 2.05) is 18.2 Å². The molecule has 0 fully saturated rings. The summed E-state index contributed by atoms with van der Waals surface area (Å²) in [5, 5.41) is 9.58. The summed E-state index contributed by atoms with van der Waals surface area (Å²) in [6, 6.07) is 5.80. The quantitative estimate of drug-likeness (QED) is 0.856. The molecule has 1 rings (SSSR count). The fourth-order valence-electron chi connectivity index (χ4n) is 0.728. The van der Waals surface area contributed by atoms with Crippen molar-refractivity contribution < 1.29 is 0 Å². The van der Waals surface area contributed by atoms with Gasteiger partial charge in [0.15, 0.2) is 0 Å². The smallest absolute Gasteiger partial charge is 0.110 e. The maximum Gasteiger partial charge on any atom is 0.110 e. The average Bonchev–Trinajstić information content (AvgIpc) is 2.17. The number of halogens is 1. The molecular weight excluding hydrogens is 262 g/mol. The lowest BCUT2D eigenvalue weighted by Crippen LogP contribution is -2.36. The Morgan fingerprint density at radius 3 is 3.07 bits per heavy atom. The van der Waals surface area contributed by atoms with Gasteiger partial charge in [0.1, 0.15) is 10.6 Å². The van der Waals surface area contributed by atoms with Crippen molar-refractivity contribution in [3.05, 3.63) is 22.8 Å². The SMILES string of the molecule is CC(N)(C#N)CSc1ncccc1Br. The van der Waals surface area contributed by atoms with Crippen molar-refractivity contribution in [1.82, 2.24) is 4.98 Å². The Hall–Kier alpha value is -0.570.